The molecule has 4 nitrogen and oxygen atoms in total. The zero-order chi connectivity index (χ0) is 13.8. The maximum absolute atomic E-state index is 10.9. The van der Waals surface area contributed by atoms with E-state index >= 15 is 0 Å². The zero-order valence-corrected chi connectivity index (χ0v) is 11.9. The smallest absolute Gasteiger partial charge is 0.258 e. The van der Waals surface area contributed by atoms with Crippen molar-refractivity contribution in [1.29, 1.82) is 5.26 Å². The van der Waals surface area contributed by atoms with E-state index in [4.69, 9.17) is 5.26 Å². The molecule has 94 valence electrons. The van der Waals surface area contributed by atoms with Crippen LogP contribution in [0.5, 0.6) is 0 Å². The molecule has 0 spiro atoms. The summed E-state index contributed by atoms with van der Waals surface area (Å²) >= 11 is 4.83. The lowest BCUT2D eigenvalue weighted by Gasteiger charge is -2.04. The third-order valence-electron chi connectivity index (χ3n) is 2.35. The molecule has 0 saturated carbocycles. The molecule has 0 aliphatic carbocycles. The Kier molecular flexibility index (Phi) is 4.20. The summed E-state index contributed by atoms with van der Waals surface area (Å²) in [5.41, 5.74) is -0.0963. The van der Waals surface area contributed by atoms with E-state index in [9.17, 15) is 10.1 Å². The van der Waals surface area contributed by atoms with Crippen LogP contribution in [-0.4, -0.2) is 4.92 Å². The Morgan fingerprint density at radius 2 is 2.00 bits per heavy atom. The van der Waals surface area contributed by atoms with Crippen LogP contribution in [0, 0.1) is 21.4 Å². The summed E-state index contributed by atoms with van der Waals surface area (Å²) in [6, 6.07) is 14.0. The molecule has 0 saturated heterocycles. The number of benzene rings is 2. The summed E-state index contributed by atoms with van der Waals surface area (Å²) in [6.07, 6.45) is 0. The average Bonchev–Trinajstić information content (AvgIpc) is 2.41. The molecule has 0 radical (unpaired) electrons. The van der Waals surface area contributed by atoms with Gasteiger partial charge in [-0.1, -0.05) is 23.9 Å². The topological polar surface area (TPSA) is 66.9 Å². The first-order valence-electron chi connectivity index (χ1n) is 5.22. The SMILES string of the molecule is N#Cc1ccc(Sc2ccccc2Br)cc1[N+](=O)[O-]. The number of rotatable bonds is 3. The molecule has 2 aromatic carbocycles. The maximum atomic E-state index is 10.9. The Bertz CT molecular complexity index is 683. The standard InChI is InChI=1S/C13H7BrN2O2S/c14-11-3-1-2-4-13(11)19-10-6-5-9(8-15)12(7-10)16(17)18/h1-7H. The predicted octanol–water partition coefficient (Wildman–Crippen LogP) is 4.38. The van der Waals surface area contributed by atoms with E-state index in [0.717, 1.165) is 14.3 Å². The van der Waals surface area contributed by atoms with Gasteiger partial charge < -0.3 is 0 Å². The average molecular weight is 335 g/mol. The molecule has 6 heteroatoms. The molecule has 0 atom stereocenters. The van der Waals surface area contributed by atoms with Gasteiger partial charge in [0.2, 0.25) is 0 Å². The molecule has 0 bridgehead atoms. The van der Waals surface area contributed by atoms with Crippen molar-refractivity contribution in [1.82, 2.24) is 0 Å². The molecule has 0 fully saturated rings. The van der Waals surface area contributed by atoms with Crippen LogP contribution in [0.2, 0.25) is 0 Å². The largest absolute Gasteiger partial charge is 0.288 e. The van der Waals surface area contributed by atoms with Crippen molar-refractivity contribution in [3.8, 4) is 6.07 Å². The van der Waals surface area contributed by atoms with Gasteiger partial charge in [0, 0.05) is 20.3 Å². The molecular weight excluding hydrogens is 328 g/mol. The van der Waals surface area contributed by atoms with Gasteiger partial charge in [-0.2, -0.15) is 5.26 Å². The second-order valence-electron chi connectivity index (χ2n) is 3.58. The second-order valence-corrected chi connectivity index (χ2v) is 5.55. The molecule has 0 N–H and O–H groups in total. The third kappa shape index (κ3) is 3.13. The lowest BCUT2D eigenvalue weighted by atomic mass is 10.2. The zero-order valence-electron chi connectivity index (χ0n) is 9.54. The van der Waals surface area contributed by atoms with Crippen LogP contribution in [0.1, 0.15) is 5.56 Å². The van der Waals surface area contributed by atoms with E-state index in [0.29, 0.717) is 0 Å². The van der Waals surface area contributed by atoms with E-state index in [1.54, 1.807) is 6.07 Å². The van der Waals surface area contributed by atoms with Crippen LogP contribution in [-0.2, 0) is 0 Å². The van der Waals surface area contributed by atoms with Crippen LogP contribution < -0.4 is 0 Å². The highest BCUT2D eigenvalue weighted by Gasteiger charge is 2.15. The van der Waals surface area contributed by atoms with Gasteiger partial charge in [0.1, 0.15) is 11.6 Å². The van der Waals surface area contributed by atoms with Gasteiger partial charge in [-0.25, -0.2) is 0 Å². The number of nitriles is 1. The number of halogens is 1. The fourth-order valence-corrected chi connectivity index (χ4v) is 2.88. The Labute approximate surface area is 122 Å². The number of hydrogen-bond acceptors (Lipinski definition) is 4. The van der Waals surface area contributed by atoms with Gasteiger partial charge in [0.15, 0.2) is 0 Å². The third-order valence-corrected chi connectivity index (χ3v) is 4.37. The number of nitro groups is 1. The van der Waals surface area contributed by atoms with Crippen LogP contribution >= 0.6 is 27.7 Å². The highest BCUT2D eigenvalue weighted by atomic mass is 79.9. The van der Waals surface area contributed by atoms with Gasteiger partial charge in [-0.05, 0) is 40.2 Å². The summed E-state index contributed by atoms with van der Waals surface area (Å²) in [7, 11) is 0. The fraction of sp³-hybridized carbons (Fsp3) is 0. The first kappa shape index (κ1) is 13.6. The van der Waals surface area contributed by atoms with Crippen molar-refractivity contribution in [3.63, 3.8) is 0 Å². The van der Waals surface area contributed by atoms with E-state index < -0.39 is 4.92 Å². The van der Waals surface area contributed by atoms with Gasteiger partial charge in [-0.3, -0.25) is 10.1 Å². The molecule has 0 aliphatic heterocycles. The van der Waals surface area contributed by atoms with Crippen molar-refractivity contribution in [2.24, 2.45) is 0 Å². The number of hydrogen-bond donors (Lipinski definition) is 0. The summed E-state index contributed by atoms with van der Waals surface area (Å²) < 4.78 is 0.923. The van der Waals surface area contributed by atoms with Crippen LogP contribution in [0.15, 0.2) is 56.7 Å². The fourth-order valence-electron chi connectivity index (χ4n) is 1.48. The summed E-state index contributed by atoms with van der Waals surface area (Å²) in [4.78, 5) is 12.0. The van der Waals surface area contributed by atoms with Gasteiger partial charge in [0.05, 0.1) is 4.92 Å². The first-order valence-corrected chi connectivity index (χ1v) is 6.83. The highest BCUT2D eigenvalue weighted by Crippen LogP contribution is 2.35. The van der Waals surface area contributed by atoms with E-state index in [1.807, 2.05) is 30.3 Å². The Hall–Kier alpha value is -1.84. The molecule has 0 aliphatic rings. The normalized spacial score (nSPS) is 9.89. The van der Waals surface area contributed by atoms with Crippen LogP contribution in [0.3, 0.4) is 0 Å². The minimum Gasteiger partial charge on any atom is -0.258 e. The quantitative estimate of drug-likeness (QED) is 0.617. The minimum atomic E-state index is -0.539. The monoisotopic (exact) mass is 334 g/mol. The van der Waals surface area contributed by atoms with Crippen molar-refractivity contribution < 1.29 is 4.92 Å². The summed E-state index contributed by atoms with van der Waals surface area (Å²) in [5.74, 6) is 0. The molecule has 0 heterocycles. The van der Waals surface area contributed by atoms with Crippen LogP contribution in [0.4, 0.5) is 5.69 Å². The van der Waals surface area contributed by atoms with Crippen molar-refractivity contribution in [2.45, 2.75) is 9.79 Å². The minimum absolute atomic E-state index is 0.0708. The molecule has 2 rings (SSSR count). The van der Waals surface area contributed by atoms with E-state index in [-0.39, 0.29) is 11.3 Å². The van der Waals surface area contributed by atoms with Gasteiger partial charge in [0.25, 0.3) is 5.69 Å². The summed E-state index contributed by atoms with van der Waals surface area (Å²) in [5, 5.41) is 19.7. The molecule has 0 unspecified atom stereocenters. The van der Waals surface area contributed by atoms with Crippen LogP contribution in [0.25, 0.3) is 0 Å². The lowest BCUT2D eigenvalue weighted by Crippen LogP contribution is -1.92. The van der Waals surface area contributed by atoms with Gasteiger partial charge in [-0.15, -0.1) is 0 Å². The van der Waals surface area contributed by atoms with Crippen molar-refractivity contribution in [3.05, 3.63) is 62.6 Å². The van der Waals surface area contributed by atoms with Crippen molar-refractivity contribution >= 4 is 33.4 Å². The summed E-state index contributed by atoms with van der Waals surface area (Å²) in [6.45, 7) is 0. The number of nitrogens with zero attached hydrogens (tertiary/aromatic N) is 2. The Balaban J connectivity index is 2.38. The van der Waals surface area contributed by atoms with Gasteiger partial charge >= 0.3 is 0 Å². The first-order chi connectivity index (χ1) is 9.11. The maximum Gasteiger partial charge on any atom is 0.288 e. The Morgan fingerprint density at radius 1 is 1.26 bits per heavy atom. The molecule has 2 aromatic rings. The van der Waals surface area contributed by atoms with Crippen molar-refractivity contribution in [2.75, 3.05) is 0 Å². The highest BCUT2D eigenvalue weighted by molar-refractivity contribution is 9.10. The second kappa shape index (κ2) is 5.87. The molecule has 0 aromatic heterocycles. The number of nitro benzene ring substituents is 1. The Morgan fingerprint density at radius 3 is 2.63 bits per heavy atom. The van der Waals surface area contributed by atoms with E-state index in [1.165, 1.54) is 23.9 Å². The molecule has 19 heavy (non-hydrogen) atoms. The molecule has 0 amide bonds. The van der Waals surface area contributed by atoms with E-state index in [2.05, 4.69) is 15.9 Å². The lowest BCUT2D eigenvalue weighted by molar-refractivity contribution is -0.385. The molecular formula is C13H7BrN2O2S. The predicted molar refractivity (Wildman–Crippen MR) is 76.1 cm³/mol.